The van der Waals surface area contributed by atoms with Gasteiger partial charge in [0.15, 0.2) is 0 Å². The third kappa shape index (κ3) is 6.73. The number of amidine groups is 1. The van der Waals surface area contributed by atoms with Crippen LogP contribution in [0.2, 0.25) is 0 Å². The van der Waals surface area contributed by atoms with E-state index >= 15 is 0 Å². The van der Waals surface area contributed by atoms with Crippen LogP contribution in [0.5, 0.6) is 5.75 Å². The van der Waals surface area contributed by atoms with E-state index in [1.807, 2.05) is 83.8 Å². The number of hydrogen-bond acceptors (Lipinski definition) is 8. The van der Waals surface area contributed by atoms with Crippen LogP contribution in [-0.4, -0.2) is 25.7 Å². The van der Waals surface area contributed by atoms with Gasteiger partial charge in [-0.25, -0.2) is 0 Å². The Kier molecular flexibility index (Phi) is 8.76. The number of aromatic hydroxyl groups is 1. The van der Waals surface area contributed by atoms with Crippen LogP contribution in [0.4, 0.5) is 22.7 Å². The van der Waals surface area contributed by atoms with Gasteiger partial charge in [-0.15, -0.1) is 0 Å². The van der Waals surface area contributed by atoms with Crippen LogP contribution in [0.15, 0.2) is 103 Å². The predicted molar refractivity (Wildman–Crippen MR) is 140 cm³/mol. The molecule has 0 unspecified atom stereocenters. The number of phenols is 1. The monoisotopic (exact) mass is 515 g/mol. The molecule has 0 fully saturated rings. The van der Waals surface area contributed by atoms with Crippen LogP contribution in [0.1, 0.15) is 11.1 Å². The molecule has 4 aromatic rings. The van der Waals surface area contributed by atoms with Crippen molar-refractivity contribution in [3.8, 4) is 5.75 Å². The normalized spacial score (nSPS) is 10.0. The summed E-state index contributed by atoms with van der Waals surface area (Å²) in [5.41, 5.74) is 0.132. The minimum atomic E-state index is -1.21. The summed E-state index contributed by atoms with van der Waals surface area (Å²) in [7, 11) is 0. The van der Waals surface area contributed by atoms with Crippen molar-refractivity contribution in [1.82, 2.24) is 0 Å². The van der Waals surface area contributed by atoms with Crippen molar-refractivity contribution in [2.45, 2.75) is 6.54 Å². The lowest BCUT2D eigenvalue weighted by atomic mass is 10.1. The molecular formula is C26H21N5O7. The first-order chi connectivity index (χ1) is 18.2. The van der Waals surface area contributed by atoms with E-state index in [1.54, 1.807) is 0 Å². The van der Waals surface area contributed by atoms with E-state index in [4.69, 9.17) is 10.5 Å². The van der Waals surface area contributed by atoms with Crippen molar-refractivity contribution < 1.29 is 19.9 Å². The smallest absolute Gasteiger partial charge is 0.324 e. The van der Waals surface area contributed by atoms with Crippen LogP contribution >= 0.6 is 0 Å². The molecule has 0 bridgehead atoms. The van der Waals surface area contributed by atoms with Gasteiger partial charge < -0.3 is 10.0 Å². The molecule has 0 saturated heterocycles. The first-order valence-corrected chi connectivity index (χ1v) is 11.0. The summed E-state index contributed by atoms with van der Waals surface area (Å²) in [6, 6.07) is 31.1. The lowest BCUT2D eigenvalue weighted by Crippen LogP contribution is -2.30. The summed E-state index contributed by atoms with van der Waals surface area (Å²) in [6.07, 6.45) is 0. The number of nitro groups is 3. The second-order valence-electron chi connectivity index (χ2n) is 7.73. The molecule has 0 atom stereocenters. The van der Waals surface area contributed by atoms with Crippen LogP contribution in [-0.2, 0) is 6.54 Å². The van der Waals surface area contributed by atoms with Gasteiger partial charge in [0.25, 0.3) is 11.4 Å². The summed E-state index contributed by atoms with van der Waals surface area (Å²) in [5.74, 6) is -0.698. The molecule has 192 valence electrons. The van der Waals surface area contributed by atoms with Crippen molar-refractivity contribution in [2.24, 2.45) is 0 Å². The Bertz CT molecular complexity index is 1410. The Hall–Kier alpha value is -5.65. The number of nitro benzene ring substituents is 3. The molecule has 0 radical (unpaired) electrons. The molecule has 0 heterocycles. The van der Waals surface area contributed by atoms with Crippen LogP contribution in [0, 0.1) is 35.8 Å². The molecule has 4 aromatic carbocycles. The van der Waals surface area contributed by atoms with E-state index in [-0.39, 0.29) is 0 Å². The molecule has 0 aliphatic heterocycles. The van der Waals surface area contributed by atoms with Crippen molar-refractivity contribution in [1.29, 1.82) is 5.41 Å². The molecule has 0 aliphatic carbocycles. The van der Waals surface area contributed by atoms with E-state index in [1.165, 1.54) is 5.56 Å². The Balaban J connectivity index is 0.000000223. The Morgan fingerprint density at radius 2 is 1.16 bits per heavy atom. The fourth-order valence-corrected chi connectivity index (χ4v) is 3.40. The number of non-ortho nitro benzene ring substituents is 1. The van der Waals surface area contributed by atoms with Gasteiger partial charge in [-0.05, 0) is 17.7 Å². The molecule has 0 aliphatic rings. The number of benzene rings is 4. The van der Waals surface area contributed by atoms with Gasteiger partial charge >= 0.3 is 11.4 Å². The zero-order chi connectivity index (χ0) is 27.7. The maximum Gasteiger partial charge on any atom is 0.324 e. The average Bonchev–Trinajstić information content (AvgIpc) is 2.93. The number of nitrogens with zero attached hydrogens (tertiary/aromatic N) is 4. The SMILES string of the molecule is N=C(c1ccccc1)N(Cc1ccccc1)c1ccccc1.O=[N+]([O-])c1cc([N+](=O)[O-])c(O)c([N+](=O)[O-])c1. The number of anilines is 1. The van der Waals surface area contributed by atoms with Crippen molar-refractivity contribution >= 4 is 28.6 Å². The first-order valence-electron chi connectivity index (χ1n) is 11.0. The standard InChI is InChI=1S/C20H18N2.C6H3N3O7/c21-20(18-12-6-2-7-13-18)22(19-14-8-3-9-15-19)16-17-10-4-1-5-11-17;10-6-4(8(13)14)1-3(7(11)12)2-5(6)9(15)16/h1-15,21H,16H2;1-2,10H. The summed E-state index contributed by atoms with van der Waals surface area (Å²) in [6.45, 7) is 0.679. The zero-order valence-corrected chi connectivity index (χ0v) is 19.7. The zero-order valence-electron chi connectivity index (χ0n) is 19.7. The molecule has 0 amide bonds. The highest BCUT2D eigenvalue weighted by Gasteiger charge is 2.30. The highest BCUT2D eigenvalue weighted by molar-refractivity contribution is 6.07. The summed E-state index contributed by atoms with van der Waals surface area (Å²) in [4.78, 5) is 29.8. The second kappa shape index (κ2) is 12.4. The lowest BCUT2D eigenvalue weighted by Gasteiger charge is -2.25. The number of para-hydroxylation sites is 1. The first kappa shape index (κ1) is 26.9. The van der Waals surface area contributed by atoms with Gasteiger partial charge in [-0.2, -0.15) is 0 Å². The molecule has 4 rings (SSSR count). The topological polar surface area (TPSA) is 177 Å². The third-order valence-corrected chi connectivity index (χ3v) is 5.23. The highest BCUT2D eigenvalue weighted by atomic mass is 16.6. The fraction of sp³-hybridized carbons (Fsp3) is 0.0385. The number of rotatable bonds is 7. The second-order valence-corrected chi connectivity index (χ2v) is 7.73. The van der Waals surface area contributed by atoms with E-state index in [0.717, 1.165) is 11.3 Å². The average molecular weight is 515 g/mol. The minimum Gasteiger partial charge on any atom is -0.497 e. The molecule has 12 heteroatoms. The molecule has 0 spiro atoms. The van der Waals surface area contributed by atoms with Crippen molar-refractivity contribution in [3.63, 3.8) is 0 Å². The third-order valence-electron chi connectivity index (χ3n) is 5.23. The maximum absolute atomic E-state index is 10.4. The van der Waals surface area contributed by atoms with Crippen molar-refractivity contribution in [3.05, 3.63) is 145 Å². The molecule has 38 heavy (non-hydrogen) atoms. The molecule has 0 saturated carbocycles. The Morgan fingerprint density at radius 1 is 0.711 bits per heavy atom. The van der Waals surface area contributed by atoms with Gasteiger partial charge in [0.05, 0.1) is 26.9 Å². The number of phenolic OH excluding ortho intramolecular Hbond substituents is 1. The number of hydrogen-bond donors (Lipinski definition) is 2. The predicted octanol–water partition coefficient (Wildman–Crippen LogP) is 5.84. The van der Waals surface area contributed by atoms with Crippen LogP contribution < -0.4 is 4.90 Å². The van der Waals surface area contributed by atoms with E-state index in [9.17, 15) is 30.3 Å². The molecule has 0 aromatic heterocycles. The van der Waals surface area contributed by atoms with Gasteiger partial charge in [-0.3, -0.25) is 35.8 Å². The van der Waals surface area contributed by atoms with Gasteiger partial charge in [-0.1, -0.05) is 78.9 Å². The van der Waals surface area contributed by atoms with Gasteiger partial charge in [0.1, 0.15) is 5.84 Å². The Labute approximate surface area is 216 Å². The van der Waals surface area contributed by atoms with E-state index < -0.39 is 37.6 Å². The molecule has 12 nitrogen and oxygen atoms in total. The largest absolute Gasteiger partial charge is 0.497 e. The molecule has 2 N–H and O–H groups in total. The maximum atomic E-state index is 10.4. The summed E-state index contributed by atoms with van der Waals surface area (Å²) in [5, 5.41) is 48.8. The lowest BCUT2D eigenvalue weighted by molar-refractivity contribution is -0.404. The Morgan fingerprint density at radius 3 is 1.61 bits per heavy atom. The highest BCUT2D eigenvalue weighted by Crippen LogP contribution is 2.39. The fourth-order valence-electron chi connectivity index (χ4n) is 3.40. The van der Waals surface area contributed by atoms with Gasteiger partial charge in [0, 0.05) is 17.8 Å². The van der Waals surface area contributed by atoms with Crippen LogP contribution in [0.3, 0.4) is 0 Å². The van der Waals surface area contributed by atoms with Gasteiger partial charge in [0.2, 0.25) is 0 Å². The van der Waals surface area contributed by atoms with E-state index in [0.29, 0.717) is 24.5 Å². The van der Waals surface area contributed by atoms with Crippen LogP contribution in [0.25, 0.3) is 0 Å². The summed E-state index contributed by atoms with van der Waals surface area (Å²) < 4.78 is 0. The summed E-state index contributed by atoms with van der Waals surface area (Å²) >= 11 is 0. The quantitative estimate of drug-likeness (QED) is 0.133. The minimum absolute atomic E-state index is 0.447. The van der Waals surface area contributed by atoms with Crippen molar-refractivity contribution in [2.75, 3.05) is 4.90 Å². The number of nitrogens with one attached hydrogen (secondary N) is 1. The van der Waals surface area contributed by atoms with E-state index in [2.05, 4.69) is 12.1 Å². The molecular weight excluding hydrogens is 494 g/mol.